The Kier molecular flexibility index (Phi) is 4.04. The second kappa shape index (κ2) is 5.61. The van der Waals surface area contributed by atoms with Crippen LogP contribution in [0.15, 0.2) is 24.4 Å². The van der Waals surface area contributed by atoms with Crippen LogP contribution in [0, 0.1) is 15.9 Å². The molecule has 0 radical (unpaired) electrons. The Hall–Kier alpha value is -2.28. The maximum Gasteiger partial charge on any atom is 0.281 e. The highest BCUT2D eigenvalue weighted by molar-refractivity contribution is 5.97. The lowest BCUT2D eigenvalue weighted by Gasteiger charge is -2.29. The lowest BCUT2D eigenvalue weighted by Crippen LogP contribution is -2.38. The standard InChI is InChI=1S/C14H16FN3O3/c1-3-14(2,8-19)17-13-10(15)7-11(18(20)21)9-5-4-6-16-12(9)13/h4-7,17,19H,3,8H2,1-2H3. The number of anilines is 1. The Labute approximate surface area is 120 Å². The van der Waals surface area contributed by atoms with Gasteiger partial charge in [0.05, 0.1) is 34.2 Å². The molecule has 1 heterocycles. The predicted molar refractivity (Wildman–Crippen MR) is 77.8 cm³/mol. The van der Waals surface area contributed by atoms with E-state index in [2.05, 4.69) is 10.3 Å². The van der Waals surface area contributed by atoms with Gasteiger partial charge in [-0.05, 0) is 25.5 Å². The Morgan fingerprint density at radius 2 is 2.29 bits per heavy atom. The van der Waals surface area contributed by atoms with Gasteiger partial charge < -0.3 is 10.4 Å². The topological polar surface area (TPSA) is 88.3 Å². The summed E-state index contributed by atoms with van der Waals surface area (Å²) in [5.41, 5.74) is -0.822. The second-order valence-electron chi connectivity index (χ2n) is 5.11. The van der Waals surface area contributed by atoms with Crippen LogP contribution >= 0.6 is 0 Å². The Morgan fingerprint density at radius 1 is 1.57 bits per heavy atom. The first kappa shape index (κ1) is 15.1. The average molecular weight is 293 g/mol. The third-order valence-electron chi connectivity index (χ3n) is 3.58. The molecule has 0 fully saturated rings. The van der Waals surface area contributed by atoms with Crippen LogP contribution in [-0.4, -0.2) is 27.2 Å². The molecule has 2 rings (SSSR count). The summed E-state index contributed by atoms with van der Waals surface area (Å²) in [5, 5.41) is 23.6. The largest absolute Gasteiger partial charge is 0.394 e. The first-order valence-electron chi connectivity index (χ1n) is 6.52. The van der Waals surface area contributed by atoms with Crippen molar-refractivity contribution in [3.05, 3.63) is 40.3 Å². The molecule has 112 valence electrons. The van der Waals surface area contributed by atoms with E-state index in [1.54, 1.807) is 13.0 Å². The zero-order chi connectivity index (χ0) is 15.6. The number of fused-ring (bicyclic) bond motifs is 1. The fraction of sp³-hybridized carbons (Fsp3) is 0.357. The molecule has 1 unspecified atom stereocenters. The molecule has 7 heteroatoms. The minimum atomic E-state index is -0.763. The van der Waals surface area contributed by atoms with Gasteiger partial charge in [-0.15, -0.1) is 0 Å². The summed E-state index contributed by atoms with van der Waals surface area (Å²) >= 11 is 0. The van der Waals surface area contributed by atoms with Crippen molar-refractivity contribution >= 4 is 22.3 Å². The number of nitro groups is 1. The highest BCUT2D eigenvalue weighted by atomic mass is 19.1. The summed E-state index contributed by atoms with van der Waals surface area (Å²) in [7, 11) is 0. The molecule has 2 aromatic rings. The van der Waals surface area contributed by atoms with Crippen molar-refractivity contribution in [2.75, 3.05) is 11.9 Å². The first-order chi connectivity index (χ1) is 9.91. The number of benzene rings is 1. The highest BCUT2D eigenvalue weighted by Crippen LogP contribution is 2.34. The monoisotopic (exact) mass is 293 g/mol. The maximum absolute atomic E-state index is 14.3. The quantitative estimate of drug-likeness (QED) is 0.653. The lowest BCUT2D eigenvalue weighted by atomic mass is 9.99. The van der Waals surface area contributed by atoms with Gasteiger partial charge in [-0.1, -0.05) is 6.92 Å². The van der Waals surface area contributed by atoms with Crippen molar-refractivity contribution in [2.24, 2.45) is 0 Å². The van der Waals surface area contributed by atoms with Gasteiger partial charge >= 0.3 is 0 Å². The van der Waals surface area contributed by atoms with E-state index in [-0.39, 0.29) is 28.9 Å². The van der Waals surface area contributed by atoms with Crippen LogP contribution in [0.25, 0.3) is 10.9 Å². The van der Waals surface area contributed by atoms with Crippen molar-refractivity contribution in [2.45, 2.75) is 25.8 Å². The molecule has 0 bridgehead atoms. The van der Waals surface area contributed by atoms with Crippen molar-refractivity contribution in [1.82, 2.24) is 4.98 Å². The molecule has 0 aliphatic rings. The summed E-state index contributed by atoms with van der Waals surface area (Å²) < 4.78 is 14.3. The SMILES string of the molecule is CCC(C)(CO)Nc1c(F)cc([N+](=O)[O-])c2cccnc12. The van der Waals surface area contributed by atoms with E-state index in [0.29, 0.717) is 6.42 Å². The van der Waals surface area contributed by atoms with Gasteiger partial charge in [0.15, 0.2) is 5.82 Å². The number of non-ortho nitro benzene ring substituents is 1. The molecule has 0 saturated heterocycles. The van der Waals surface area contributed by atoms with Crippen LogP contribution in [0.4, 0.5) is 15.8 Å². The van der Waals surface area contributed by atoms with Gasteiger partial charge in [0, 0.05) is 6.20 Å². The first-order valence-corrected chi connectivity index (χ1v) is 6.52. The average Bonchev–Trinajstić information content (AvgIpc) is 2.49. The zero-order valence-corrected chi connectivity index (χ0v) is 11.8. The molecule has 1 aromatic heterocycles. The third-order valence-corrected chi connectivity index (χ3v) is 3.58. The Bertz CT molecular complexity index is 686. The van der Waals surface area contributed by atoms with Gasteiger partial charge in [-0.3, -0.25) is 15.1 Å². The molecule has 0 aliphatic heterocycles. The minimum Gasteiger partial charge on any atom is -0.394 e. The zero-order valence-electron chi connectivity index (χ0n) is 11.8. The van der Waals surface area contributed by atoms with Crippen LogP contribution in [-0.2, 0) is 0 Å². The molecule has 0 amide bonds. The molecule has 0 saturated carbocycles. The number of aliphatic hydroxyl groups is 1. The normalized spacial score (nSPS) is 13.9. The number of hydrogen-bond donors (Lipinski definition) is 2. The number of aliphatic hydroxyl groups excluding tert-OH is 1. The molecule has 21 heavy (non-hydrogen) atoms. The number of hydrogen-bond acceptors (Lipinski definition) is 5. The second-order valence-corrected chi connectivity index (χ2v) is 5.11. The van der Waals surface area contributed by atoms with Gasteiger partial charge in [0.1, 0.15) is 5.52 Å². The number of nitrogens with one attached hydrogen (secondary N) is 1. The lowest BCUT2D eigenvalue weighted by molar-refractivity contribution is -0.383. The van der Waals surface area contributed by atoms with Gasteiger partial charge in [0.25, 0.3) is 5.69 Å². The van der Waals surface area contributed by atoms with Gasteiger partial charge in [-0.25, -0.2) is 4.39 Å². The number of nitro benzene ring substituents is 1. The summed E-state index contributed by atoms with van der Waals surface area (Å²) in [6, 6.07) is 3.95. The summed E-state index contributed by atoms with van der Waals surface area (Å²) in [5.74, 6) is -0.763. The minimum absolute atomic E-state index is 0.0644. The molecule has 0 spiro atoms. The van der Waals surface area contributed by atoms with Crippen molar-refractivity contribution in [3.8, 4) is 0 Å². The van der Waals surface area contributed by atoms with Gasteiger partial charge in [0.2, 0.25) is 0 Å². The van der Waals surface area contributed by atoms with E-state index in [1.807, 2.05) is 6.92 Å². The van der Waals surface area contributed by atoms with E-state index < -0.39 is 16.3 Å². The van der Waals surface area contributed by atoms with Gasteiger partial charge in [-0.2, -0.15) is 0 Å². The van der Waals surface area contributed by atoms with E-state index >= 15 is 0 Å². The van der Waals surface area contributed by atoms with E-state index in [9.17, 15) is 19.6 Å². The van der Waals surface area contributed by atoms with Crippen LogP contribution < -0.4 is 5.32 Å². The molecule has 6 nitrogen and oxygen atoms in total. The van der Waals surface area contributed by atoms with E-state index in [4.69, 9.17) is 0 Å². The van der Waals surface area contributed by atoms with Crippen LogP contribution in [0.1, 0.15) is 20.3 Å². The smallest absolute Gasteiger partial charge is 0.281 e. The number of halogens is 1. The van der Waals surface area contributed by atoms with Crippen LogP contribution in [0.2, 0.25) is 0 Å². The number of pyridine rings is 1. The Morgan fingerprint density at radius 3 is 2.86 bits per heavy atom. The fourth-order valence-corrected chi connectivity index (χ4v) is 2.01. The van der Waals surface area contributed by atoms with Crippen molar-refractivity contribution in [1.29, 1.82) is 0 Å². The summed E-state index contributed by atoms with van der Waals surface area (Å²) in [6.07, 6.45) is 1.99. The third kappa shape index (κ3) is 2.78. The van der Waals surface area contributed by atoms with Crippen molar-refractivity contribution < 1.29 is 14.4 Å². The van der Waals surface area contributed by atoms with E-state index in [0.717, 1.165) is 6.07 Å². The van der Waals surface area contributed by atoms with Crippen LogP contribution in [0.3, 0.4) is 0 Å². The van der Waals surface area contributed by atoms with E-state index in [1.165, 1.54) is 12.3 Å². The molecule has 2 N–H and O–H groups in total. The summed E-state index contributed by atoms with van der Waals surface area (Å²) in [4.78, 5) is 14.4. The highest BCUT2D eigenvalue weighted by Gasteiger charge is 2.26. The molecular weight excluding hydrogens is 277 g/mol. The molecule has 1 atom stereocenters. The number of aromatic nitrogens is 1. The fourth-order valence-electron chi connectivity index (χ4n) is 2.01. The predicted octanol–water partition coefficient (Wildman–Crippen LogP) is 2.86. The Balaban J connectivity index is 2.68. The molecule has 1 aromatic carbocycles. The molecule has 0 aliphatic carbocycles. The molecular formula is C14H16FN3O3. The number of nitrogens with zero attached hydrogens (tertiary/aromatic N) is 2. The van der Waals surface area contributed by atoms with Crippen molar-refractivity contribution in [3.63, 3.8) is 0 Å². The van der Waals surface area contributed by atoms with Crippen LogP contribution in [0.5, 0.6) is 0 Å². The summed E-state index contributed by atoms with van der Waals surface area (Å²) in [6.45, 7) is 3.39. The number of rotatable bonds is 5. The maximum atomic E-state index is 14.3.